The Labute approximate surface area is 88.4 Å². The highest BCUT2D eigenvalue weighted by Gasteiger charge is 2.02. The molecule has 0 aliphatic heterocycles. The fourth-order valence-corrected chi connectivity index (χ4v) is 1.12. The highest BCUT2D eigenvalue weighted by molar-refractivity contribution is 6.30. The van der Waals surface area contributed by atoms with E-state index in [2.05, 4.69) is 0 Å². The van der Waals surface area contributed by atoms with Gasteiger partial charge in [-0.1, -0.05) is 23.8 Å². The van der Waals surface area contributed by atoms with Crippen molar-refractivity contribution >= 4 is 11.6 Å². The third-order valence-electron chi connectivity index (χ3n) is 1.63. The van der Waals surface area contributed by atoms with Gasteiger partial charge in [0.25, 0.3) is 0 Å². The van der Waals surface area contributed by atoms with Crippen LogP contribution in [0.1, 0.15) is 12.5 Å². The number of rotatable bonds is 3. The molecule has 0 saturated carbocycles. The van der Waals surface area contributed by atoms with Crippen LogP contribution >= 0.6 is 11.6 Å². The molecule has 72 valence electrons. The van der Waals surface area contributed by atoms with Gasteiger partial charge in [-0.05, 0) is 25.1 Å². The normalized spacial score (nSPS) is 10.1. The number of halogens is 1. The molecule has 0 unspecified atom stereocenters. The Morgan fingerprint density at radius 3 is 3.00 bits per heavy atom. The first kappa shape index (κ1) is 10.6. The van der Waals surface area contributed by atoms with E-state index < -0.39 is 0 Å². The summed E-state index contributed by atoms with van der Waals surface area (Å²) in [6.07, 6.45) is 3.76. The fourth-order valence-electron chi connectivity index (χ4n) is 0.950. The van der Waals surface area contributed by atoms with Crippen LogP contribution in [0.15, 0.2) is 30.4 Å². The Bertz CT molecular complexity index is 379. The molecule has 0 spiro atoms. The molecule has 2 nitrogen and oxygen atoms in total. The molecule has 0 aliphatic rings. The summed E-state index contributed by atoms with van der Waals surface area (Å²) < 4.78 is 5.36. The van der Waals surface area contributed by atoms with E-state index in [-0.39, 0.29) is 0 Å². The lowest BCUT2D eigenvalue weighted by Crippen LogP contribution is -1.95. The average Bonchev–Trinajstić information content (AvgIpc) is 2.20. The van der Waals surface area contributed by atoms with Gasteiger partial charge >= 0.3 is 0 Å². The van der Waals surface area contributed by atoms with E-state index in [9.17, 15) is 0 Å². The van der Waals surface area contributed by atoms with Crippen molar-refractivity contribution in [3.8, 4) is 11.8 Å². The summed E-state index contributed by atoms with van der Waals surface area (Å²) in [5, 5.41) is 9.33. The van der Waals surface area contributed by atoms with Crippen molar-refractivity contribution in [3.63, 3.8) is 0 Å². The summed E-state index contributed by atoms with van der Waals surface area (Å²) >= 11 is 5.74. The van der Waals surface area contributed by atoms with E-state index in [0.717, 1.165) is 0 Å². The standard InChI is InChI=1S/C11H10ClNO/c1-2-3-6-14-11-5-4-10(12)7-9(11)8-13/h2-5,7H,6H2,1H3/b3-2+. The zero-order valence-corrected chi connectivity index (χ0v) is 8.58. The van der Waals surface area contributed by atoms with Crippen molar-refractivity contribution in [1.82, 2.24) is 0 Å². The predicted molar refractivity (Wildman–Crippen MR) is 56.5 cm³/mol. The third kappa shape index (κ3) is 2.79. The Morgan fingerprint density at radius 1 is 1.57 bits per heavy atom. The second kappa shape index (κ2) is 5.31. The highest BCUT2D eigenvalue weighted by atomic mass is 35.5. The number of allylic oxidation sites excluding steroid dienone is 1. The smallest absolute Gasteiger partial charge is 0.137 e. The molecule has 0 amide bonds. The Balaban J connectivity index is 2.81. The van der Waals surface area contributed by atoms with Crippen molar-refractivity contribution in [1.29, 1.82) is 5.26 Å². The van der Waals surface area contributed by atoms with Crippen LogP contribution in [0.3, 0.4) is 0 Å². The van der Waals surface area contributed by atoms with Gasteiger partial charge in [-0.15, -0.1) is 0 Å². The van der Waals surface area contributed by atoms with E-state index in [1.54, 1.807) is 18.2 Å². The second-order valence-electron chi connectivity index (χ2n) is 2.63. The van der Waals surface area contributed by atoms with Crippen LogP contribution in [0.4, 0.5) is 0 Å². The molecule has 0 radical (unpaired) electrons. The molecular weight excluding hydrogens is 198 g/mol. The van der Waals surface area contributed by atoms with Gasteiger partial charge in [-0.3, -0.25) is 0 Å². The number of nitriles is 1. The van der Waals surface area contributed by atoms with Crippen LogP contribution in [0.5, 0.6) is 5.75 Å². The first-order valence-corrected chi connectivity index (χ1v) is 4.59. The summed E-state index contributed by atoms with van der Waals surface area (Å²) in [5.41, 5.74) is 0.460. The largest absolute Gasteiger partial charge is 0.488 e. The van der Waals surface area contributed by atoms with Crippen LogP contribution in [0.25, 0.3) is 0 Å². The summed E-state index contributed by atoms with van der Waals surface area (Å²) in [6.45, 7) is 2.38. The number of nitrogens with zero attached hydrogens (tertiary/aromatic N) is 1. The Kier molecular flexibility index (Phi) is 4.03. The minimum absolute atomic E-state index is 0.460. The first-order chi connectivity index (χ1) is 6.77. The lowest BCUT2D eigenvalue weighted by atomic mass is 10.2. The quantitative estimate of drug-likeness (QED) is 0.714. The van der Waals surface area contributed by atoms with E-state index in [1.165, 1.54) is 0 Å². The molecule has 0 saturated heterocycles. The Morgan fingerprint density at radius 2 is 2.36 bits per heavy atom. The van der Waals surface area contributed by atoms with Crippen molar-refractivity contribution in [2.45, 2.75) is 6.92 Å². The number of hydrogen-bond acceptors (Lipinski definition) is 2. The van der Waals surface area contributed by atoms with Crippen molar-refractivity contribution in [2.75, 3.05) is 6.61 Å². The zero-order valence-electron chi connectivity index (χ0n) is 7.83. The Hall–Kier alpha value is -1.46. The maximum atomic E-state index is 8.79. The van der Waals surface area contributed by atoms with Gasteiger partial charge in [0.2, 0.25) is 0 Å². The van der Waals surface area contributed by atoms with Gasteiger partial charge in [-0.25, -0.2) is 0 Å². The van der Waals surface area contributed by atoms with Crippen LogP contribution in [-0.4, -0.2) is 6.61 Å². The molecule has 1 aromatic rings. The molecule has 3 heteroatoms. The van der Waals surface area contributed by atoms with E-state index >= 15 is 0 Å². The molecule has 1 aromatic carbocycles. The van der Waals surface area contributed by atoms with Crippen LogP contribution in [0, 0.1) is 11.3 Å². The first-order valence-electron chi connectivity index (χ1n) is 4.21. The van der Waals surface area contributed by atoms with Gasteiger partial charge < -0.3 is 4.74 Å². The summed E-state index contributed by atoms with van der Waals surface area (Å²) in [4.78, 5) is 0. The molecule has 0 aliphatic carbocycles. The number of ether oxygens (including phenoxy) is 1. The lowest BCUT2D eigenvalue weighted by molar-refractivity contribution is 0.361. The van der Waals surface area contributed by atoms with Crippen molar-refractivity contribution in [2.24, 2.45) is 0 Å². The third-order valence-corrected chi connectivity index (χ3v) is 1.87. The van der Waals surface area contributed by atoms with E-state index in [0.29, 0.717) is 22.9 Å². The molecule has 0 fully saturated rings. The number of benzene rings is 1. The lowest BCUT2D eigenvalue weighted by Gasteiger charge is -2.04. The maximum Gasteiger partial charge on any atom is 0.137 e. The van der Waals surface area contributed by atoms with E-state index in [1.807, 2.05) is 25.1 Å². The fraction of sp³-hybridized carbons (Fsp3) is 0.182. The van der Waals surface area contributed by atoms with Crippen LogP contribution in [-0.2, 0) is 0 Å². The molecule has 0 heterocycles. The van der Waals surface area contributed by atoms with Gasteiger partial charge in [0.1, 0.15) is 18.4 Å². The minimum atomic E-state index is 0.460. The van der Waals surface area contributed by atoms with E-state index in [4.69, 9.17) is 21.6 Å². The highest BCUT2D eigenvalue weighted by Crippen LogP contribution is 2.21. The molecule has 0 bridgehead atoms. The zero-order chi connectivity index (χ0) is 10.4. The SMILES string of the molecule is C/C=C/COc1ccc(Cl)cc1C#N. The topological polar surface area (TPSA) is 33.0 Å². The van der Waals surface area contributed by atoms with Gasteiger partial charge in [0, 0.05) is 5.02 Å². The molecule has 1 rings (SSSR count). The molecular formula is C11H10ClNO. The van der Waals surface area contributed by atoms with Crippen LogP contribution in [0.2, 0.25) is 5.02 Å². The van der Waals surface area contributed by atoms with Crippen molar-refractivity contribution < 1.29 is 4.74 Å². The van der Waals surface area contributed by atoms with Gasteiger partial charge in [-0.2, -0.15) is 5.26 Å². The van der Waals surface area contributed by atoms with Crippen molar-refractivity contribution in [3.05, 3.63) is 40.9 Å². The molecule has 14 heavy (non-hydrogen) atoms. The molecule has 0 atom stereocenters. The molecule has 0 N–H and O–H groups in total. The molecule has 0 aromatic heterocycles. The minimum Gasteiger partial charge on any atom is -0.488 e. The average molecular weight is 208 g/mol. The number of hydrogen-bond donors (Lipinski definition) is 0. The predicted octanol–water partition coefficient (Wildman–Crippen LogP) is 3.17. The maximum absolute atomic E-state index is 8.79. The van der Waals surface area contributed by atoms with Crippen LogP contribution < -0.4 is 4.74 Å². The second-order valence-corrected chi connectivity index (χ2v) is 3.07. The van der Waals surface area contributed by atoms with Gasteiger partial charge in [0.05, 0.1) is 5.56 Å². The summed E-state index contributed by atoms with van der Waals surface area (Å²) in [7, 11) is 0. The summed E-state index contributed by atoms with van der Waals surface area (Å²) in [5.74, 6) is 0.565. The summed E-state index contributed by atoms with van der Waals surface area (Å²) in [6, 6.07) is 7.02. The monoisotopic (exact) mass is 207 g/mol. The van der Waals surface area contributed by atoms with Gasteiger partial charge in [0.15, 0.2) is 0 Å².